The average Bonchev–Trinajstić information content (AvgIpc) is 3.65. The summed E-state index contributed by atoms with van der Waals surface area (Å²) in [6.45, 7) is 6.39. The molecule has 0 amide bonds. The lowest BCUT2D eigenvalue weighted by atomic mass is 10.1. The van der Waals surface area contributed by atoms with Crippen molar-refractivity contribution < 1.29 is 18.9 Å². The second kappa shape index (κ2) is 12.9. The lowest BCUT2D eigenvalue weighted by Gasteiger charge is -2.26. The van der Waals surface area contributed by atoms with Gasteiger partial charge in [-0.05, 0) is 69.3 Å². The van der Waals surface area contributed by atoms with Crippen LogP contribution in [0.5, 0.6) is 17.2 Å². The third-order valence-electron chi connectivity index (χ3n) is 7.98. The van der Waals surface area contributed by atoms with E-state index >= 15 is 0 Å². The van der Waals surface area contributed by atoms with Gasteiger partial charge in [-0.25, -0.2) is 15.0 Å². The number of hydrogen-bond donors (Lipinski definition) is 1. The zero-order chi connectivity index (χ0) is 31.5. The van der Waals surface area contributed by atoms with Crippen LogP contribution in [-0.4, -0.2) is 44.4 Å². The number of imidazole rings is 1. The van der Waals surface area contributed by atoms with E-state index in [-0.39, 0.29) is 6.61 Å². The Labute approximate surface area is 267 Å². The van der Waals surface area contributed by atoms with Gasteiger partial charge in [-0.3, -0.25) is 4.57 Å². The summed E-state index contributed by atoms with van der Waals surface area (Å²) in [5.41, 5.74) is 5.55. The summed E-state index contributed by atoms with van der Waals surface area (Å²) in [6, 6.07) is 33.8. The molecule has 1 aliphatic rings. The highest BCUT2D eigenvalue weighted by molar-refractivity contribution is 5.85. The van der Waals surface area contributed by atoms with Crippen LogP contribution in [0.25, 0.3) is 11.2 Å². The van der Waals surface area contributed by atoms with Crippen molar-refractivity contribution in [3.8, 4) is 17.2 Å². The Balaban J connectivity index is 1.27. The van der Waals surface area contributed by atoms with Gasteiger partial charge in [0.15, 0.2) is 35.4 Å². The average molecular weight is 614 g/mol. The van der Waals surface area contributed by atoms with E-state index in [1.807, 2.05) is 128 Å². The fourth-order valence-corrected chi connectivity index (χ4v) is 5.48. The lowest BCUT2D eigenvalue weighted by Crippen LogP contribution is -2.42. The number of aromatic nitrogens is 4. The highest BCUT2D eigenvalue weighted by Gasteiger charge is 2.50. The number of fused-ring (bicyclic) bond motifs is 1. The normalized spacial score (nSPS) is 19.2. The van der Waals surface area contributed by atoms with Crippen LogP contribution in [0.3, 0.4) is 0 Å². The van der Waals surface area contributed by atoms with Crippen molar-refractivity contribution in [2.75, 3.05) is 11.9 Å². The highest BCUT2D eigenvalue weighted by Crippen LogP contribution is 2.38. The Bertz CT molecular complexity index is 1890. The van der Waals surface area contributed by atoms with E-state index in [2.05, 4.69) is 15.3 Å². The molecule has 1 aliphatic heterocycles. The monoisotopic (exact) mass is 613 g/mol. The van der Waals surface area contributed by atoms with Crippen LogP contribution in [0.15, 0.2) is 116 Å². The molecule has 1 saturated heterocycles. The Hall–Kier alpha value is -5.41. The van der Waals surface area contributed by atoms with Gasteiger partial charge in [-0.2, -0.15) is 0 Å². The molecule has 7 rings (SSSR count). The number of anilines is 2. The molecule has 46 heavy (non-hydrogen) atoms. The van der Waals surface area contributed by atoms with E-state index < -0.39 is 24.5 Å². The summed E-state index contributed by atoms with van der Waals surface area (Å²) in [5, 5.41) is 3.36. The Morgan fingerprint density at radius 1 is 0.674 bits per heavy atom. The summed E-state index contributed by atoms with van der Waals surface area (Å²) in [6.07, 6.45) is 0.971. The third kappa shape index (κ3) is 6.36. The molecule has 232 valence electrons. The second-order valence-corrected chi connectivity index (χ2v) is 11.5. The van der Waals surface area contributed by atoms with Crippen molar-refractivity contribution in [3.05, 3.63) is 132 Å². The molecule has 9 heteroatoms. The van der Waals surface area contributed by atoms with Crippen LogP contribution < -0.4 is 19.5 Å². The van der Waals surface area contributed by atoms with Gasteiger partial charge in [0.1, 0.15) is 36.3 Å². The molecule has 1 fully saturated rings. The van der Waals surface area contributed by atoms with Crippen molar-refractivity contribution in [2.24, 2.45) is 0 Å². The van der Waals surface area contributed by atoms with E-state index in [9.17, 15) is 0 Å². The van der Waals surface area contributed by atoms with Gasteiger partial charge in [0.2, 0.25) is 0 Å². The number of nitrogens with one attached hydrogen (secondary N) is 1. The fraction of sp³-hybridized carbons (Fsp3) is 0.216. The molecular formula is C37H35N5O4. The first-order chi connectivity index (χ1) is 22.5. The van der Waals surface area contributed by atoms with Gasteiger partial charge in [-0.1, -0.05) is 71.3 Å². The van der Waals surface area contributed by atoms with Gasteiger partial charge < -0.3 is 24.3 Å². The summed E-state index contributed by atoms with van der Waals surface area (Å²) < 4.78 is 28.4. The zero-order valence-corrected chi connectivity index (χ0v) is 25.9. The van der Waals surface area contributed by atoms with Gasteiger partial charge in [0, 0.05) is 5.69 Å². The topological polar surface area (TPSA) is 92.6 Å². The Morgan fingerprint density at radius 2 is 1.26 bits per heavy atom. The number of para-hydroxylation sites is 1. The minimum atomic E-state index is -0.646. The van der Waals surface area contributed by atoms with Crippen molar-refractivity contribution >= 4 is 22.7 Å². The van der Waals surface area contributed by atoms with Crippen LogP contribution in [0, 0.1) is 20.8 Å². The molecule has 4 aromatic carbocycles. The molecule has 0 unspecified atom stereocenters. The summed E-state index contributed by atoms with van der Waals surface area (Å²) in [4.78, 5) is 13.8. The lowest BCUT2D eigenvalue weighted by molar-refractivity contribution is -0.0434. The summed E-state index contributed by atoms with van der Waals surface area (Å²) in [7, 11) is 0. The predicted molar refractivity (Wildman–Crippen MR) is 177 cm³/mol. The largest absolute Gasteiger partial charge is 0.491 e. The maximum Gasteiger partial charge on any atom is 0.183 e. The minimum Gasteiger partial charge on any atom is -0.491 e. The van der Waals surface area contributed by atoms with Gasteiger partial charge >= 0.3 is 0 Å². The summed E-state index contributed by atoms with van der Waals surface area (Å²) >= 11 is 0. The first-order valence-corrected chi connectivity index (χ1v) is 15.3. The molecule has 0 aliphatic carbocycles. The number of hydrogen-bond acceptors (Lipinski definition) is 8. The fourth-order valence-electron chi connectivity index (χ4n) is 5.48. The van der Waals surface area contributed by atoms with E-state index in [1.54, 1.807) is 6.33 Å². The number of ether oxygens (including phenoxy) is 4. The van der Waals surface area contributed by atoms with Gasteiger partial charge in [0.25, 0.3) is 0 Å². The highest BCUT2D eigenvalue weighted by atomic mass is 16.6. The number of aryl methyl sites for hydroxylation is 3. The molecule has 6 aromatic rings. The molecule has 4 atom stereocenters. The summed E-state index contributed by atoms with van der Waals surface area (Å²) in [5.74, 6) is 2.76. The number of rotatable bonds is 10. The van der Waals surface area contributed by atoms with E-state index in [0.29, 0.717) is 28.5 Å². The molecular weight excluding hydrogens is 578 g/mol. The maximum atomic E-state index is 6.80. The quantitative estimate of drug-likeness (QED) is 0.171. The first kappa shape index (κ1) is 29.3. The van der Waals surface area contributed by atoms with Crippen LogP contribution in [0.2, 0.25) is 0 Å². The molecule has 3 heterocycles. The third-order valence-corrected chi connectivity index (χ3v) is 7.98. The zero-order valence-electron chi connectivity index (χ0n) is 25.9. The molecule has 2 aromatic heterocycles. The molecule has 9 nitrogen and oxygen atoms in total. The molecule has 0 bridgehead atoms. The number of benzene rings is 4. The first-order valence-electron chi connectivity index (χ1n) is 15.3. The smallest absolute Gasteiger partial charge is 0.183 e. The maximum absolute atomic E-state index is 6.80. The Morgan fingerprint density at radius 3 is 1.89 bits per heavy atom. The van der Waals surface area contributed by atoms with Crippen LogP contribution in [0.1, 0.15) is 22.9 Å². The predicted octanol–water partition coefficient (Wildman–Crippen LogP) is 7.37. The van der Waals surface area contributed by atoms with Crippen molar-refractivity contribution in [1.29, 1.82) is 0 Å². The molecule has 0 saturated carbocycles. The second-order valence-electron chi connectivity index (χ2n) is 11.5. The standard InChI is InChI=1S/C37H35N5O4/c1-24-9-15-28(16-10-24)43-21-31-33(44-29-17-11-25(2)12-18-29)34(45-30-19-13-26(3)14-20-30)37(46-31)42-23-40-32-35(38-22-39-36(32)42)41-27-7-5-4-6-8-27/h4-20,22-23,31,33-34,37H,21H2,1-3H3,(H,38,39,41)/t31-,33-,34-,37-/m1/s1. The van der Waals surface area contributed by atoms with E-state index in [1.165, 1.54) is 6.33 Å². The van der Waals surface area contributed by atoms with Gasteiger partial charge in [0.05, 0.1) is 6.33 Å². The molecule has 1 N–H and O–H groups in total. The van der Waals surface area contributed by atoms with E-state index in [0.717, 1.165) is 28.1 Å². The van der Waals surface area contributed by atoms with Crippen molar-refractivity contribution in [1.82, 2.24) is 19.5 Å². The van der Waals surface area contributed by atoms with E-state index in [4.69, 9.17) is 23.9 Å². The van der Waals surface area contributed by atoms with Crippen molar-refractivity contribution in [2.45, 2.75) is 45.3 Å². The van der Waals surface area contributed by atoms with Gasteiger partial charge in [-0.15, -0.1) is 0 Å². The molecule has 0 spiro atoms. The Kier molecular flexibility index (Phi) is 8.22. The van der Waals surface area contributed by atoms with Crippen LogP contribution >= 0.6 is 0 Å². The minimum absolute atomic E-state index is 0.242. The molecule has 0 radical (unpaired) electrons. The number of nitrogens with zero attached hydrogens (tertiary/aromatic N) is 4. The van der Waals surface area contributed by atoms with Crippen molar-refractivity contribution in [3.63, 3.8) is 0 Å². The SMILES string of the molecule is Cc1ccc(OC[C@H]2O[C@@H](n3cnc4c(Nc5ccccc5)ncnc43)[C@H](Oc3ccc(C)cc3)[C@@H]2Oc2ccc(C)cc2)cc1. The van der Waals surface area contributed by atoms with Crippen LogP contribution in [-0.2, 0) is 4.74 Å². The van der Waals surface area contributed by atoms with Crippen LogP contribution in [0.4, 0.5) is 11.5 Å².